The van der Waals surface area contributed by atoms with Crippen LogP contribution in [-0.4, -0.2) is 10.1 Å². The van der Waals surface area contributed by atoms with Crippen LogP contribution in [-0.2, 0) is 0 Å². The van der Waals surface area contributed by atoms with Gasteiger partial charge in [0.1, 0.15) is 0 Å². The Hall–Kier alpha value is -0.900. The van der Waals surface area contributed by atoms with Gasteiger partial charge in [0.05, 0.1) is 6.04 Å². The van der Waals surface area contributed by atoms with E-state index >= 15 is 0 Å². The van der Waals surface area contributed by atoms with Crippen molar-refractivity contribution < 1.29 is 4.52 Å². The maximum Gasteiger partial charge on any atom is 0.223 e. The van der Waals surface area contributed by atoms with Crippen molar-refractivity contribution in [3.8, 4) is 0 Å². The van der Waals surface area contributed by atoms with E-state index in [1.54, 1.807) is 6.92 Å². The third-order valence-corrected chi connectivity index (χ3v) is 0.951. The van der Waals surface area contributed by atoms with Gasteiger partial charge in [-0.2, -0.15) is 4.98 Å². The van der Waals surface area contributed by atoms with Gasteiger partial charge in [0.25, 0.3) is 0 Å². The second-order valence-electron chi connectivity index (χ2n) is 1.96. The minimum Gasteiger partial charge on any atom is -0.340 e. The highest BCUT2D eigenvalue weighted by atomic mass is 16.5. The Kier molecular flexibility index (Phi) is 1.48. The number of aryl methyl sites for hydroxylation is 1. The summed E-state index contributed by atoms with van der Waals surface area (Å²) >= 11 is 0. The molecule has 4 heteroatoms. The van der Waals surface area contributed by atoms with Crippen LogP contribution in [0, 0.1) is 6.92 Å². The Bertz CT molecular complexity index is 194. The fraction of sp³-hybridized carbons (Fsp3) is 0.600. The molecule has 4 nitrogen and oxygen atoms in total. The van der Waals surface area contributed by atoms with Crippen LogP contribution in [0.15, 0.2) is 4.52 Å². The molecule has 0 saturated heterocycles. The van der Waals surface area contributed by atoms with Crippen molar-refractivity contribution in [1.29, 1.82) is 0 Å². The van der Waals surface area contributed by atoms with Crippen LogP contribution >= 0.6 is 0 Å². The van der Waals surface area contributed by atoms with Crippen LogP contribution in [0.2, 0.25) is 0 Å². The molecule has 9 heavy (non-hydrogen) atoms. The quantitative estimate of drug-likeness (QED) is 0.593. The SMILES string of the molecule is Cc1nc([C@@H](C)N)no1. The van der Waals surface area contributed by atoms with E-state index in [0.717, 1.165) is 0 Å². The Morgan fingerprint density at radius 3 is 2.56 bits per heavy atom. The highest BCUT2D eigenvalue weighted by molar-refractivity contribution is 4.88. The predicted octanol–water partition coefficient (Wildman–Crippen LogP) is 0.398. The number of nitrogens with zero attached hydrogens (tertiary/aromatic N) is 2. The van der Waals surface area contributed by atoms with Crippen molar-refractivity contribution in [3.63, 3.8) is 0 Å². The van der Waals surface area contributed by atoms with Gasteiger partial charge >= 0.3 is 0 Å². The first-order valence-corrected chi connectivity index (χ1v) is 2.76. The molecule has 1 rings (SSSR count). The Labute approximate surface area is 53.1 Å². The van der Waals surface area contributed by atoms with Gasteiger partial charge in [0, 0.05) is 6.92 Å². The third-order valence-electron chi connectivity index (χ3n) is 0.951. The van der Waals surface area contributed by atoms with Gasteiger partial charge < -0.3 is 10.3 Å². The summed E-state index contributed by atoms with van der Waals surface area (Å²) in [6.07, 6.45) is 0. The molecule has 1 aromatic heterocycles. The van der Waals surface area contributed by atoms with Crippen LogP contribution in [0.3, 0.4) is 0 Å². The van der Waals surface area contributed by atoms with Gasteiger partial charge in [-0.1, -0.05) is 5.16 Å². The molecular formula is C5H9N3O. The molecule has 0 radical (unpaired) electrons. The van der Waals surface area contributed by atoms with Crippen LogP contribution in [0.1, 0.15) is 24.7 Å². The zero-order chi connectivity index (χ0) is 6.85. The van der Waals surface area contributed by atoms with E-state index in [9.17, 15) is 0 Å². The molecule has 0 unspecified atom stereocenters. The molecule has 0 aliphatic rings. The van der Waals surface area contributed by atoms with E-state index in [-0.39, 0.29) is 6.04 Å². The molecule has 1 heterocycles. The van der Waals surface area contributed by atoms with Crippen molar-refractivity contribution in [3.05, 3.63) is 11.7 Å². The number of aromatic nitrogens is 2. The molecular weight excluding hydrogens is 118 g/mol. The maximum atomic E-state index is 5.44. The molecule has 0 aliphatic heterocycles. The number of nitrogens with two attached hydrogens (primary N) is 1. The van der Waals surface area contributed by atoms with Crippen molar-refractivity contribution in [2.24, 2.45) is 5.73 Å². The summed E-state index contributed by atoms with van der Waals surface area (Å²) in [5.74, 6) is 1.12. The molecule has 50 valence electrons. The molecule has 0 spiro atoms. The largest absolute Gasteiger partial charge is 0.340 e. The average Bonchev–Trinajstić information content (AvgIpc) is 2.14. The summed E-state index contributed by atoms with van der Waals surface area (Å²) in [4.78, 5) is 3.91. The van der Waals surface area contributed by atoms with Crippen LogP contribution < -0.4 is 5.73 Å². The normalized spacial score (nSPS) is 13.7. The summed E-state index contributed by atoms with van der Waals surface area (Å²) in [6.45, 7) is 3.54. The highest BCUT2D eigenvalue weighted by Gasteiger charge is 2.05. The summed E-state index contributed by atoms with van der Waals surface area (Å²) in [5.41, 5.74) is 5.44. The van der Waals surface area contributed by atoms with E-state index in [2.05, 4.69) is 14.7 Å². The average molecular weight is 127 g/mol. The van der Waals surface area contributed by atoms with E-state index in [1.807, 2.05) is 6.92 Å². The molecule has 0 amide bonds. The first-order chi connectivity index (χ1) is 4.20. The fourth-order valence-electron chi connectivity index (χ4n) is 0.500. The topological polar surface area (TPSA) is 64.9 Å². The lowest BCUT2D eigenvalue weighted by atomic mass is 10.3. The van der Waals surface area contributed by atoms with E-state index < -0.39 is 0 Å². The monoisotopic (exact) mass is 127 g/mol. The van der Waals surface area contributed by atoms with E-state index in [0.29, 0.717) is 11.7 Å². The molecule has 0 saturated carbocycles. The summed E-state index contributed by atoms with van der Waals surface area (Å²) in [6, 6.07) is -0.137. The van der Waals surface area contributed by atoms with Crippen LogP contribution in [0.25, 0.3) is 0 Å². The van der Waals surface area contributed by atoms with E-state index in [1.165, 1.54) is 0 Å². The van der Waals surface area contributed by atoms with Crippen LogP contribution in [0.5, 0.6) is 0 Å². The Balaban J connectivity index is 2.85. The van der Waals surface area contributed by atoms with Gasteiger partial charge in [0.2, 0.25) is 5.89 Å². The van der Waals surface area contributed by atoms with Crippen molar-refractivity contribution >= 4 is 0 Å². The van der Waals surface area contributed by atoms with Crippen molar-refractivity contribution in [2.75, 3.05) is 0 Å². The van der Waals surface area contributed by atoms with Crippen molar-refractivity contribution in [1.82, 2.24) is 10.1 Å². The minimum atomic E-state index is -0.137. The van der Waals surface area contributed by atoms with Gasteiger partial charge in [-0.3, -0.25) is 0 Å². The van der Waals surface area contributed by atoms with Crippen molar-refractivity contribution in [2.45, 2.75) is 19.9 Å². The smallest absolute Gasteiger partial charge is 0.223 e. The Morgan fingerprint density at radius 2 is 2.33 bits per heavy atom. The summed E-state index contributed by atoms with van der Waals surface area (Å²) in [5, 5.41) is 3.60. The molecule has 0 aromatic carbocycles. The first kappa shape index (κ1) is 6.22. The van der Waals surface area contributed by atoms with E-state index in [4.69, 9.17) is 5.73 Å². The standard InChI is InChI=1S/C5H9N3O/c1-3(6)5-7-4(2)9-8-5/h3H,6H2,1-2H3/t3-/m1/s1. The number of hydrogen-bond donors (Lipinski definition) is 1. The molecule has 0 aliphatic carbocycles. The summed E-state index contributed by atoms with van der Waals surface area (Å²) in [7, 11) is 0. The lowest BCUT2D eigenvalue weighted by Gasteiger charge is -1.91. The minimum absolute atomic E-state index is 0.137. The van der Waals surface area contributed by atoms with Gasteiger partial charge in [0.15, 0.2) is 5.82 Å². The van der Waals surface area contributed by atoms with Gasteiger partial charge in [-0.05, 0) is 6.92 Å². The zero-order valence-corrected chi connectivity index (χ0v) is 5.46. The zero-order valence-electron chi connectivity index (χ0n) is 5.46. The number of hydrogen-bond acceptors (Lipinski definition) is 4. The highest BCUT2D eigenvalue weighted by Crippen LogP contribution is 2.02. The Morgan fingerprint density at radius 1 is 1.67 bits per heavy atom. The predicted molar refractivity (Wildman–Crippen MR) is 31.6 cm³/mol. The fourth-order valence-corrected chi connectivity index (χ4v) is 0.500. The summed E-state index contributed by atoms with van der Waals surface area (Å²) < 4.78 is 4.68. The first-order valence-electron chi connectivity index (χ1n) is 2.76. The number of rotatable bonds is 1. The molecule has 0 bridgehead atoms. The third kappa shape index (κ3) is 1.26. The molecule has 1 atom stereocenters. The lowest BCUT2D eigenvalue weighted by molar-refractivity contribution is 0.384. The maximum absolute atomic E-state index is 5.44. The molecule has 0 fully saturated rings. The lowest BCUT2D eigenvalue weighted by Crippen LogP contribution is -2.06. The van der Waals surface area contributed by atoms with Gasteiger partial charge in [-0.25, -0.2) is 0 Å². The second kappa shape index (κ2) is 2.14. The van der Waals surface area contributed by atoms with Gasteiger partial charge in [-0.15, -0.1) is 0 Å². The molecule has 1 aromatic rings. The van der Waals surface area contributed by atoms with Crippen LogP contribution in [0.4, 0.5) is 0 Å². The molecule has 2 N–H and O–H groups in total. The second-order valence-corrected chi connectivity index (χ2v) is 1.96.